The predicted molar refractivity (Wildman–Crippen MR) is 144 cm³/mol. The van der Waals surface area contributed by atoms with Crippen molar-refractivity contribution >= 4 is 52.1 Å². The Morgan fingerprint density at radius 3 is 2.18 bits per heavy atom. The molecule has 44 heavy (non-hydrogen) atoms. The van der Waals surface area contributed by atoms with Crippen molar-refractivity contribution in [2.75, 3.05) is 24.6 Å². The highest BCUT2D eigenvalue weighted by Gasteiger charge is 2.53. The Balaban J connectivity index is 1.20. The third-order valence-electron chi connectivity index (χ3n) is 7.65. The van der Waals surface area contributed by atoms with Crippen molar-refractivity contribution in [2.24, 2.45) is 5.92 Å². The monoisotopic (exact) mass is 657 g/mol. The molecule has 0 aromatic carbocycles. The highest BCUT2D eigenvalue weighted by atomic mass is 32.2. The number of ether oxygens (including phenoxy) is 2. The summed E-state index contributed by atoms with van der Waals surface area (Å²) in [5.74, 6) is -0.614. The zero-order chi connectivity index (χ0) is 31.0. The molecule has 0 radical (unpaired) electrons. The number of anilines is 2. The van der Waals surface area contributed by atoms with Gasteiger partial charge in [0.05, 0.1) is 25.4 Å². The molecule has 0 spiro atoms. The molecule has 6 N–H and O–H groups in total. The van der Waals surface area contributed by atoms with Gasteiger partial charge in [-0.05, 0) is 0 Å². The number of hydrogen-bond acceptors (Lipinski definition) is 16. The molecule has 3 saturated heterocycles. The Bertz CT molecular complexity index is 1900. The largest absolute Gasteiger partial charge is 0.472 e. The zero-order valence-corrected chi connectivity index (χ0v) is 24.2. The van der Waals surface area contributed by atoms with Gasteiger partial charge in [0.15, 0.2) is 41.6 Å². The summed E-state index contributed by atoms with van der Waals surface area (Å²) in [7, 11) is -9.56. The van der Waals surface area contributed by atoms with Crippen LogP contribution >= 0.6 is 7.82 Å². The van der Waals surface area contributed by atoms with Crippen LogP contribution in [0.25, 0.3) is 22.3 Å². The van der Waals surface area contributed by atoms with Gasteiger partial charge in [0.1, 0.15) is 42.0 Å². The number of phosphoric acid groups is 1. The molecule has 23 heteroatoms. The number of alkyl halides is 1. The Kier molecular flexibility index (Phi) is 7.02. The number of nitrogens with one attached hydrogen (secondary N) is 1. The van der Waals surface area contributed by atoms with E-state index < -0.39 is 80.2 Å². The molecule has 9 atom stereocenters. The number of imidazole rings is 2. The third kappa shape index (κ3) is 4.97. The minimum absolute atomic E-state index is 0.0307. The fourth-order valence-electron chi connectivity index (χ4n) is 5.44. The van der Waals surface area contributed by atoms with Gasteiger partial charge in [-0.15, -0.1) is 0 Å². The lowest BCUT2D eigenvalue weighted by atomic mass is 10.0. The van der Waals surface area contributed by atoms with E-state index in [0.29, 0.717) is 0 Å². The van der Waals surface area contributed by atoms with Crippen molar-refractivity contribution in [1.29, 1.82) is 0 Å². The molecule has 2 bridgehead atoms. The Labute approximate surface area is 246 Å². The summed E-state index contributed by atoms with van der Waals surface area (Å²) >= 11 is 0. The van der Waals surface area contributed by atoms with Crippen LogP contribution in [0, 0.1) is 5.92 Å². The van der Waals surface area contributed by atoms with E-state index in [2.05, 4.69) is 34.6 Å². The maximum Gasteiger partial charge on any atom is 0.472 e. The number of fused-ring (bicyclic) bond motifs is 5. The van der Waals surface area contributed by atoms with Crippen LogP contribution in [0.15, 0.2) is 25.3 Å². The summed E-state index contributed by atoms with van der Waals surface area (Å²) in [6.45, 7) is 0.427. The van der Waals surface area contributed by atoms with Gasteiger partial charge in [0, 0.05) is 12.5 Å². The molecular weight excluding hydrogens is 632 g/mol. The van der Waals surface area contributed by atoms with Gasteiger partial charge in [0.25, 0.3) is 0 Å². The highest BCUT2D eigenvalue weighted by Crippen LogP contribution is 2.50. The maximum atomic E-state index is 15.9. The number of rotatable bonds is 2. The summed E-state index contributed by atoms with van der Waals surface area (Å²) in [5, 5.41) is 0. The van der Waals surface area contributed by atoms with Crippen molar-refractivity contribution in [3.8, 4) is 0 Å². The van der Waals surface area contributed by atoms with Crippen LogP contribution in [0.2, 0.25) is 0 Å². The predicted octanol–water partition coefficient (Wildman–Crippen LogP) is -0.665. The van der Waals surface area contributed by atoms with Crippen molar-refractivity contribution in [1.82, 2.24) is 43.8 Å². The fraction of sp³-hybridized carbons (Fsp3) is 0.524. The number of phosphoric ester groups is 1. The van der Waals surface area contributed by atoms with Gasteiger partial charge in [-0.25, -0.2) is 43.0 Å². The summed E-state index contributed by atoms with van der Waals surface area (Å²) in [6, 6.07) is 0. The average Bonchev–Trinajstić information content (AvgIpc) is 3.73. The number of aromatic nitrogens is 8. The Hall–Kier alpha value is -3.47. The molecule has 7 rings (SSSR count). The molecule has 4 aromatic heterocycles. The van der Waals surface area contributed by atoms with Gasteiger partial charge >= 0.3 is 18.1 Å². The van der Waals surface area contributed by atoms with Gasteiger partial charge < -0.3 is 25.8 Å². The lowest BCUT2D eigenvalue weighted by molar-refractivity contribution is -0.0498. The number of nitrogens with zero attached hydrogens (tertiary/aromatic N) is 8. The average molecular weight is 658 g/mol. The SMILES string of the molecule is C[C@H]1[C@H]2OS(=O)(=O)NC[C@H]3O[C@@H](n4cnc5c(N)ncnc54)[C@H](F)[C@@H]3OP(=O)(O)OC[C@H]1O[C@H]2n1cnc2c(N)ncnc21. The number of nitrogens with two attached hydrogens (primary N) is 2. The fourth-order valence-corrected chi connectivity index (χ4v) is 7.39. The second-order valence-electron chi connectivity index (χ2n) is 10.3. The van der Waals surface area contributed by atoms with E-state index in [1.54, 1.807) is 6.92 Å². The third-order valence-corrected chi connectivity index (χ3v) is 9.63. The smallest absolute Gasteiger partial charge is 0.382 e. The lowest BCUT2D eigenvalue weighted by Gasteiger charge is -2.24. The first-order valence-electron chi connectivity index (χ1n) is 13.1. The van der Waals surface area contributed by atoms with Gasteiger partial charge in [-0.3, -0.25) is 18.2 Å². The molecule has 1 unspecified atom stereocenters. The van der Waals surface area contributed by atoms with E-state index in [1.807, 2.05) is 0 Å². The van der Waals surface area contributed by atoms with Crippen LogP contribution in [0.1, 0.15) is 19.4 Å². The molecule has 236 valence electrons. The Morgan fingerprint density at radius 2 is 1.55 bits per heavy atom. The molecule has 3 aliphatic rings. The van der Waals surface area contributed by atoms with Crippen LogP contribution in [-0.2, 0) is 37.6 Å². The summed E-state index contributed by atoms with van der Waals surface area (Å²) in [6.07, 6.45) is -5.31. The van der Waals surface area contributed by atoms with Crippen molar-refractivity contribution < 1.29 is 45.0 Å². The topological polar surface area (TPSA) is 269 Å². The van der Waals surface area contributed by atoms with E-state index >= 15 is 4.39 Å². The van der Waals surface area contributed by atoms with Crippen molar-refractivity contribution in [3.05, 3.63) is 25.3 Å². The number of halogens is 1. The second-order valence-corrected chi connectivity index (χ2v) is 13.1. The first-order chi connectivity index (χ1) is 20.9. The normalized spacial score (nSPS) is 36.1. The molecule has 3 fully saturated rings. The summed E-state index contributed by atoms with van der Waals surface area (Å²) in [5.41, 5.74) is 12.5. The zero-order valence-electron chi connectivity index (χ0n) is 22.5. The molecular formula is C21H25FN11O9PS. The van der Waals surface area contributed by atoms with E-state index in [9.17, 15) is 17.9 Å². The maximum absolute atomic E-state index is 15.9. The standard InChI is InChI=1S/C21H25FN11O9PS/c1-8-10-3-38-43(34,35)41-15-9(39-20(11(15)22)32-6-29-12-16(23)25-4-27-18(12)32)2-31-44(36,37)42-14(8)21(40-10)33-7-30-13-17(24)26-5-28-19(13)33/h4-11,14-15,20-21,31H,2-3H2,1H3,(H,34,35)(H2,23,25,27)(H2,24,26,28)/t8-,9-,10-,11-,14-,15-,20-,21-/m1/s1. The van der Waals surface area contributed by atoms with Gasteiger partial charge in [-0.2, -0.15) is 13.1 Å². The first kappa shape index (κ1) is 29.3. The second kappa shape index (κ2) is 10.6. The minimum atomic E-state index is -4.98. The number of nitrogen functional groups attached to an aromatic ring is 2. The minimum Gasteiger partial charge on any atom is -0.382 e. The first-order valence-corrected chi connectivity index (χ1v) is 16.0. The molecule has 4 aromatic rings. The quantitative estimate of drug-likeness (QED) is 0.195. The van der Waals surface area contributed by atoms with E-state index in [1.165, 1.54) is 28.1 Å². The van der Waals surface area contributed by atoms with Crippen molar-refractivity contribution in [3.63, 3.8) is 0 Å². The van der Waals surface area contributed by atoms with Crippen LogP contribution in [-0.4, -0.2) is 96.1 Å². The number of hydrogen-bond donors (Lipinski definition) is 4. The lowest BCUT2D eigenvalue weighted by Crippen LogP contribution is -2.42. The summed E-state index contributed by atoms with van der Waals surface area (Å²) < 4.78 is 88.2. The molecule has 0 aliphatic carbocycles. The van der Waals surface area contributed by atoms with E-state index in [-0.39, 0.29) is 34.0 Å². The van der Waals surface area contributed by atoms with E-state index in [4.69, 9.17) is 34.2 Å². The van der Waals surface area contributed by atoms with Gasteiger partial charge in [0.2, 0.25) is 0 Å². The molecule has 0 saturated carbocycles. The molecule has 3 aliphatic heterocycles. The van der Waals surface area contributed by atoms with Crippen LogP contribution < -0.4 is 16.2 Å². The highest BCUT2D eigenvalue weighted by molar-refractivity contribution is 7.84. The molecule has 0 amide bonds. The molecule has 7 heterocycles. The van der Waals surface area contributed by atoms with Gasteiger partial charge in [-0.1, -0.05) is 6.92 Å². The van der Waals surface area contributed by atoms with Crippen LogP contribution in [0.4, 0.5) is 16.0 Å². The van der Waals surface area contributed by atoms with Crippen LogP contribution in [0.3, 0.4) is 0 Å². The van der Waals surface area contributed by atoms with E-state index in [0.717, 1.165) is 6.33 Å². The summed E-state index contributed by atoms with van der Waals surface area (Å²) in [4.78, 5) is 34.8. The van der Waals surface area contributed by atoms with Crippen LogP contribution in [0.5, 0.6) is 0 Å². The molecule has 20 nitrogen and oxygen atoms in total. The van der Waals surface area contributed by atoms with Crippen molar-refractivity contribution in [2.45, 2.75) is 50.0 Å². The Morgan fingerprint density at radius 1 is 0.955 bits per heavy atom.